The van der Waals surface area contributed by atoms with Crippen LogP contribution in [-0.2, 0) is 14.3 Å². The highest BCUT2D eigenvalue weighted by Crippen LogP contribution is 2.18. The highest BCUT2D eigenvalue weighted by molar-refractivity contribution is 5.88. The number of hydrogen-bond acceptors (Lipinski definition) is 4. The van der Waals surface area contributed by atoms with Gasteiger partial charge in [-0.25, -0.2) is 4.79 Å². The van der Waals surface area contributed by atoms with E-state index in [1.807, 2.05) is 0 Å². The molecule has 1 aliphatic heterocycles. The highest BCUT2D eigenvalue weighted by atomic mass is 16.6. The summed E-state index contributed by atoms with van der Waals surface area (Å²) in [4.78, 5) is 24.5. The van der Waals surface area contributed by atoms with E-state index in [9.17, 15) is 9.59 Å². The zero-order valence-electron chi connectivity index (χ0n) is 10.3. The van der Waals surface area contributed by atoms with Gasteiger partial charge in [-0.05, 0) is 20.8 Å². The van der Waals surface area contributed by atoms with Crippen molar-refractivity contribution in [3.05, 3.63) is 0 Å². The minimum Gasteiger partial charge on any atom is -0.444 e. The van der Waals surface area contributed by atoms with E-state index in [4.69, 9.17) is 9.47 Å². The van der Waals surface area contributed by atoms with Crippen LogP contribution in [0.5, 0.6) is 0 Å². The van der Waals surface area contributed by atoms with Crippen molar-refractivity contribution in [2.75, 3.05) is 20.3 Å². The van der Waals surface area contributed by atoms with Gasteiger partial charge in [-0.1, -0.05) is 0 Å². The molecule has 1 unspecified atom stereocenters. The van der Waals surface area contributed by atoms with Crippen LogP contribution < -0.4 is 0 Å². The SMILES string of the molecule is COCC1CC(=O)CN1C(=O)OC(C)(C)C. The smallest absolute Gasteiger partial charge is 0.411 e. The van der Waals surface area contributed by atoms with E-state index in [-0.39, 0.29) is 18.4 Å². The molecule has 1 aliphatic rings. The molecule has 5 nitrogen and oxygen atoms in total. The largest absolute Gasteiger partial charge is 0.444 e. The van der Waals surface area contributed by atoms with Gasteiger partial charge in [-0.15, -0.1) is 0 Å². The van der Waals surface area contributed by atoms with Gasteiger partial charge in [0.05, 0.1) is 19.2 Å². The fraction of sp³-hybridized carbons (Fsp3) is 0.818. The van der Waals surface area contributed by atoms with Gasteiger partial charge in [-0.3, -0.25) is 9.69 Å². The quantitative estimate of drug-likeness (QED) is 0.714. The number of Topliss-reactive ketones (excluding diaryl/α,β-unsaturated/α-hetero) is 1. The van der Waals surface area contributed by atoms with Gasteiger partial charge in [0, 0.05) is 13.5 Å². The molecule has 16 heavy (non-hydrogen) atoms. The summed E-state index contributed by atoms with van der Waals surface area (Å²) < 4.78 is 10.2. The third-order valence-electron chi connectivity index (χ3n) is 2.24. The molecular formula is C11H19NO4. The van der Waals surface area contributed by atoms with Gasteiger partial charge in [0.15, 0.2) is 5.78 Å². The van der Waals surface area contributed by atoms with Crippen LogP contribution in [0.1, 0.15) is 27.2 Å². The molecule has 1 fully saturated rings. The normalized spacial score (nSPS) is 21.4. The van der Waals surface area contributed by atoms with Gasteiger partial charge in [0.25, 0.3) is 0 Å². The minimum absolute atomic E-state index is 0.0490. The third-order valence-corrected chi connectivity index (χ3v) is 2.24. The van der Waals surface area contributed by atoms with Crippen LogP contribution >= 0.6 is 0 Å². The molecular weight excluding hydrogens is 210 g/mol. The first-order valence-electron chi connectivity index (χ1n) is 5.34. The van der Waals surface area contributed by atoms with Crippen molar-refractivity contribution in [3.8, 4) is 0 Å². The topological polar surface area (TPSA) is 55.8 Å². The lowest BCUT2D eigenvalue weighted by Gasteiger charge is -2.27. The Morgan fingerprint density at radius 1 is 1.50 bits per heavy atom. The number of rotatable bonds is 2. The van der Waals surface area contributed by atoms with Gasteiger partial charge in [0.1, 0.15) is 5.60 Å². The fourth-order valence-electron chi connectivity index (χ4n) is 1.63. The maximum Gasteiger partial charge on any atom is 0.411 e. The average Bonchev–Trinajstić information content (AvgIpc) is 2.44. The minimum atomic E-state index is -0.541. The zero-order chi connectivity index (χ0) is 12.3. The fourth-order valence-corrected chi connectivity index (χ4v) is 1.63. The first-order valence-corrected chi connectivity index (χ1v) is 5.34. The summed E-state index contributed by atoms with van der Waals surface area (Å²) in [7, 11) is 1.55. The van der Waals surface area contributed by atoms with E-state index in [1.165, 1.54) is 4.90 Å². The molecule has 0 aromatic rings. The van der Waals surface area contributed by atoms with Crippen molar-refractivity contribution in [1.29, 1.82) is 0 Å². The predicted octanol–water partition coefficient (Wildman–Crippen LogP) is 1.21. The first kappa shape index (κ1) is 13.0. The van der Waals surface area contributed by atoms with Crippen LogP contribution in [0.2, 0.25) is 0 Å². The maximum absolute atomic E-state index is 11.8. The molecule has 0 aliphatic carbocycles. The Bertz CT molecular complexity index is 282. The van der Waals surface area contributed by atoms with E-state index in [1.54, 1.807) is 27.9 Å². The number of amides is 1. The molecule has 1 heterocycles. The van der Waals surface area contributed by atoms with E-state index < -0.39 is 11.7 Å². The molecule has 0 aromatic carbocycles. The number of methoxy groups -OCH3 is 1. The van der Waals surface area contributed by atoms with Gasteiger partial charge < -0.3 is 9.47 Å². The van der Waals surface area contributed by atoms with Crippen molar-refractivity contribution >= 4 is 11.9 Å². The monoisotopic (exact) mass is 229 g/mol. The second-order valence-electron chi connectivity index (χ2n) is 4.96. The molecule has 0 saturated carbocycles. The van der Waals surface area contributed by atoms with Crippen LogP contribution in [0.15, 0.2) is 0 Å². The van der Waals surface area contributed by atoms with Crippen molar-refractivity contribution in [2.24, 2.45) is 0 Å². The van der Waals surface area contributed by atoms with Gasteiger partial charge >= 0.3 is 6.09 Å². The Balaban J connectivity index is 2.63. The number of carbonyl (C=O) groups excluding carboxylic acids is 2. The van der Waals surface area contributed by atoms with Crippen LogP contribution in [0.3, 0.4) is 0 Å². The van der Waals surface area contributed by atoms with Crippen LogP contribution in [0.4, 0.5) is 4.79 Å². The Morgan fingerprint density at radius 2 is 2.12 bits per heavy atom. The molecule has 0 radical (unpaired) electrons. The Labute approximate surface area is 95.7 Å². The lowest BCUT2D eigenvalue weighted by atomic mass is 10.2. The lowest BCUT2D eigenvalue weighted by molar-refractivity contribution is -0.117. The average molecular weight is 229 g/mol. The number of ether oxygens (including phenoxy) is 2. The Kier molecular flexibility index (Phi) is 3.91. The molecule has 0 bridgehead atoms. The number of hydrogen-bond donors (Lipinski definition) is 0. The summed E-state index contributed by atoms with van der Waals surface area (Å²) in [6.45, 7) is 5.89. The highest BCUT2D eigenvalue weighted by Gasteiger charge is 2.36. The molecule has 0 spiro atoms. The maximum atomic E-state index is 11.8. The van der Waals surface area contributed by atoms with E-state index in [0.29, 0.717) is 13.0 Å². The number of likely N-dealkylation sites (tertiary alicyclic amines) is 1. The Morgan fingerprint density at radius 3 is 2.62 bits per heavy atom. The van der Waals surface area contributed by atoms with Crippen molar-refractivity contribution < 1.29 is 19.1 Å². The van der Waals surface area contributed by atoms with E-state index >= 15 is 0 Å². The molecule has 5 heteroatoms. The molecule has 0 N–H and O–H groups in total. The molecule has 1 atom stereocenters. The zero-order valence-corrected chi connectivity index (χ0v) is 10.3. The summed E-state index contributed by atoms with van der Waals surface area (Å²) in [6, 6.07) is -0.188. The lowest BCUT2D eigenvalue weighted by Crippen LogP contribution is -2.41. The molecule has 1 saturated heterocycles. The van der Waals surface area contributed by atoms with Crippen molar-refractivity contribution in [1.82, 2.24) is 4.90 Å². The first-order chi connectivity index (χ1) is 7.33. The molecule has 92 valence electrons. The summed E-state index contributed by atoms with van der Waals surface area (Å²) >= 11 is 0. The van der Waals surface area contributed by atoms with Gasteiger partial charge in [-0.2, -0.15) is 0 Å². The summed E-state index contributed by atoms with van der Waals surface area (Å²) in [5.74, 6) is 0.0490. The number of ketones is 1. The van der Waals surface area contributed by atoms with E-state index in [2.05, 4.69) is 0 Å². The second kappa shape index (κ2) is 4.82. The Hall–Kier alpha value is -1.10. The summed E-state index contributed by atoms with van der Waals surface area (Å²) in [6.07, 6.45) is -0.0898. The summed E-state index contributed by atoms with van der Waals surface area (Å²) in [5, 5.41) is 0. The van der Waals surface area contributed by atoms with Crippen molar-refractivity contribution in [3.63, 3.8) is 0 Å². The predicted molar refractivity (Wildman–Crippen MR) is 58.2 cm³/mol. The summed E-state index contributed by atoms with van der Waals surface area (Å²) in [5.41, 5.74) is -0.541. The standard InChI is InChI=1S/C11H19NO4/c1-11(2,3)16-10(14)12-6-9(13)5-8(12)7-15-4/h8H,5-7H2,1-4H3. The van der Waals surface area contributed by atoms with Gasteiger partial charge in [0.2, 0.25) is 0 Å². The van der Waals surface area contributed by atoms with E-state index in [0.717, 1.165) is 0 Å². The second-order valence-corrected chi connectivity index (χ2v) is 4.96. The number of nitrogens with zero attached hydrogens (tertiary/aromatic N) is 1. The molecule has 1 amide bonds. The van der Waals surface area contributed by atoms with Crippen LogP contribution in [-0.4, -0.2) is 48.7 Å². The third kappa shape index (κ3) is 3.48. The number of carbonyl (C=O) groups is 2. The van der Waals surface area contributed by atoms with Crippen LogP contribution in [0.25, 0.3) is 0 Å². The van der Waals surface area contributed by atoms with Crippen molar-refractivity contribution in [2.45, 2.75) is 38.8 Å². The molecule has 1 rings (SSSR count). The molecule has 0 aromatic heterocycles. The van der Waals surface area contributed by atoms with Crippen LogP contribution in [0, 0.1) is 0 Å².